The highest BCUT2D eigenvalue weighted by Gasteiger charge is 2.25. The summed E-state index contributed by atoms with van der Waals surface area (Å²) in [6.07, 6.45) is 1.75. The van der Waals surface area contributed by atoms with Crippen molar-refractivity contribution in [3.8, 4) is 17.2 Å². The van der Waals surface area contributed by atoms with Crippen LogP contribution in [0.3, 0.4) is 0 Å². The van der Waals surface area contributed by atoms with Crippen LogP contribution in [0.4, 0.5) is 0 Å². The van der Waals surface area contributed by atoms with Gasteiger partial charge in [-0.15, -0.1) is 0 Å². The summed E-state index contributed by atoms with van der Waals surface area (Å²) >= 11 is 0. The Morgan fingerprint density at radius 1 is 0.933 bits per heavy atom. The normalized spacial score (nSPS) is 14.2. The van der Waals surface area contributed by atoms with E-state index < -0.39 is 0 Å². The van der Waals surface area contributed by atoms with Crippen molar-refractivity contribution in [3.05, 3.63) is 53.6 Å². The zero-order valence-electron chi connectivity index (χ0n) is 17.6. The molecule has 7 nitrogen and oxygen atoms in total. The Kier molecular flexibility index (Phi) is 7.17. The van der Waals surface area contributed by atoms with Crippen LogP contribution in [0.15, 0.2) is 42.5 Å². The molecule has 2 aromatic rings. The number of ether oxygens (including phenoxy) is 3. The molecule has 0 radical (unpaired) electrons. The number of methoxy groups -OCH3 is 3. The second kappa shape index (κ2) is 10.0. The number of hydrogen-bond acceptors (Lipinski definition) is 5. The van der Waals surface area contributed by atoms with Crippen LogP contribution in [0, 0.1) is 0 Å². The highest BCUT2D eigenvalue weighted by Crippen LogP contribution is 2.27. The van der Waals surface area contributed by atoms with Crippen molar-refractivity contribution in [2.45, 2.75) is 25.3 Å². The van der Waals surface area contributed by atoms with Gasteiger partial charge >= 0.3 is 0 Å². The molecular formula is C23H28N2O5. The molecule has 2 aromatic carbocycles. The molecule has 0 atom stereocenters. The van der Waals surface area contributed by atoms with Crippen LogP contribution < -0.4 is 19.5 Å². The molecule has 1 aliphatic heterocycles. The molecule has 1 saturated heterocycles. The highest BCUT2D eigenvalue weighted by molar-refractivity contribution is 5.95. The maximum Gasteiger partial charge on any atom is 0.251 e. The van der Waals surface area contributed by atoms with E-state index in [1.54, 1.807) is 32.4 Å². The molecule has 1 aliphatic rings. The lowest BCUT2D eigenvalue weighted by Crippen LogP contribution is -2.47. The Bertz CT molecular complexity index is 891. The summed E-state index contributed by atoms with van der Waals surface area (Å²) < 4.78 is 15.8. The number of nitrogens with zero attached hydrogens (tertiary/aromatic N) is 1. The van der Waals surface area contributed by atoms with E-state index in [4.69, 9.17) is 14.2 Å². The number of rotatable bonds is 7. The summed E-state index contributed by atoms with van der Waals surface area (Å²) in [6.45, 7) is 1.23. The minimum Gasteiger partial charge on any atom is -0.496 e. The number of nitrogens with one attached hydrogen (secondary N) is 1. The van der Waals surface area contributed by atoms with Gasteiger partial charge in [-0.2, -0.15) is 0 Å². The van der Waals surface area contributed by atoms with E-state index in [9.17, 15) is 9.59 Å². The van der Waals surface area contributed by atoms with Crippen LogP contribution in [0.1, 0.15) is 28.8 Å². The van der Waals surface area contributed by atoms with E-state index in [1.165, 1.54) is 7.11 Å². The van der Waals surface area contributed by atoms with Crippen molar-refractivity contribution >= 4 is 11.8 Å². The quantitative estimate of drug-likeness (QED) is 0.757. The average molecular weight is 412 g/mol. The SMILES string of the molecule is COc1ccccc1CC(=O)N1CCC(NC(=O)c2ccc(OC)c(OC)c2)CC1. The monoisotopic (exact) mass is 412 g/mol. The van der Waals surface area contributed by atoms with E-state index in [-0.39, 0.29) is 17.9 Å². The van der Waals surface area contributed by atoms with Gasteiger partial charge in [0.15, 0.2) is 11.5 Å². The first kappa shape index (κ1) is 21.5. The third-order valence-electron chi connectivity index (χ3n) is 5.36. The second-order valence-electron chi connectivity index (χ2n) is 7.19. The molecule has 30 heavy (non-hydrogen) atoms. The molecule has 1 N–H and O–H groups in total. The first-order valence-electron chi connectivity index (χ1n) is 9.98. The topological polar surface area (TPSA) is 77.1 Å². The van der Waals surface area contributed by atoms with Crippen LogP contribution >= 0.6 is 0 Å². The lowest BCUT2D eigenvalue weighted by atomic mass is 10.0. The third kappa shape index (κ3) is 5.03. The van der Waals surface area contributed by atoms with Crippen LogP contribution in [0.25, 0.3) is 0 Å². The molecule has 160 valence electrons. The first-order valence-corrected chi connectivity index (χ1v) is 9.98. The minimum atomic E-state index is -0.158. The zero-order valence-corrected chi connectivity index (χ0v) is 17.6. The maximum atomic E-state index is 12.7. The number of piperidine rings is 1. The predicted octanol–water partition coefficient (Wildman–Crippen LogP) is 2.68. The second-order valence-corrected chi connectivity index (χ2v) is 7.19. The van der Waals surface area contributed by atoms with Crippen molar-refractivity contribution in [2.75, 3.05) is 34.4 Å². The van der Waals surface area contributed by atoms with Gasteiger partial charge < -0.3 is 24.4 Å². The summed E-state index contributed by atoms with van der Waals surface area (Å²) in [5.74, 6) is 1.74. The smallest absolute Gasteiger partial charge is 0.251 e. The molecule has 0 aromatic heterocycles. The third-order valence-corrected chi connectivity index (χ3v) is 5.36. The van der Waals surface area contributed by atoms with E-state index in [0.29, 0.717) is 36.6 Å². The Balaban J connectivity index is 1.53. The number of benzene rings is 2. The molecule has 2 amide bonds. The fraction of sp³-hybridized carbons (Fsp3) is 0.391. The Morgan fingerprint density at radius 3 is 2.27 bits per heavy atom. The number of likely N-dealkylation sites (tertiary alicyclic amines) is 1. The zero-order chi connectivity index (χ0) is 21.5. The summed E-state index contributed by atoms with van der Waals surface area (Å²) in [6, 6.07) is 12.7. The number of carbonyl (C=O) groups excluding carboxylic acids is 2. The average Bonchev–Trinajstić information content (AvgIpc) is 2.79. The Labute approximate surface area is 176 Å². The van der Waals surface area contributed by atoms with Crippen LogP contribution in [-0.4, -0.2) is 57.2 Å². The van der Waals surface area contributed by atoms with Crippen molar-refractivity contribution < 1.29 is 23.8 Å². The fourth-order valence-corrected chi connectivity index (χ4v) is 3.64. The highest BCUT2D eigenvalue weighted by atomic mass is 16.5. The number of amides is 2. The lowest BCUT2D eigenvalue weighted by Gasteiger charge is -2.32. The number of para-hydroxylation sites is 1. The van der Waals surface area contributed by atoms with E-state index >= 15 is 0 Å². The van der Waals surface area contributed by atoms with Crippen molar-refractivity contribution in [1.29, 1.82) is 0 Å². The van der Waals surface area contributed by atoms with E-state index in [0.717, 1.165) is 24.2 Å². The van der Waals surface area contributed by atoms with Crippen LogP contribution in [-0.2, 0) is 11.2 Å². The van der Waals surface area contributed by atoms with Crippen LogP contribution in [0.5, 0.6) is 17.2 Å². The Hall–Kier alpha value is -3.22. The summed E-state index contributed by atoms with van der Waals surface area (Å²) in [7, 11) is 4.70. The van der Waals surface area contributed by atoms with Crippen molar-refractivity contribution in [3.63, 3.8) is 0 Å². The fourth-order valence-electron chi connectivity index (χ4n) is 3.64. The van der Waals surface area contributed by atoms with Gasteiger partial charge in [-0.05, 0) is 37.1 Å². The minimum absolute atomic E-state index is 0.0286. The van der Waals surface area contributed by atoms with Crippen LogP contribution in [0.2, 0.25) is 0 Å². The van der Waals surface area contributed by atoms with Gasteiger partial charge in [0.2, 0.25) is 5.91 Å². The van der Waals surface area contributed by atoms with Gasteiger partial charge in [0.25, 0.3) is 5.91 Å². The lowest BCUT2D eigenvalue weighted by molar-refractivity contribution is -0.131. The van der Waals surface area contributed by atoms with Gasteiger partial charge in [-0.1, -0.05) is 18.2 Å². The summed E-state index contributed by atoms with van der Waals surface area (Å²) in [4.78, 5) is 27.1. The largest absolute Gasteiger partial charge is 0.496 e. The number of hydrogen-bond donors (Lipinski definition) is 1. The molecule has 0 aliphatic carbocycles. The molecule has 1 heterocycles. The van der Waals surface area contributed by atoms with Crippen molar-refractivity contribution in [2.24, 2.45) is 0 Å². The molecular weight excluding hydrogens is 384 g/mol. The Morgan fingerprint density at radius 2 is 1.60 bits per heavy atom. The van der Waals surface area contributed by atoms with Gasteiger partial charge in [0.1, 0.15) is 5.75 Å². The van der Waals surface area contributed by atoms with E-state index in [1.807, 2.05) is 29.2 Å². The number of carbonyl (C=O) groups is 2. The van der Waals surface area contributed by atoms with E-state index in [2.05, 4.69) is 5.32 Å². The maximum absolute atomic E-state index is 12.7. The summed E-state index contributed by atoms with van der Waals surface area (Å²) in [5.41, 5.74) is 1.40. The molecule has 0 spiro atoms. The van der Waals surface area contributed by atoms with Crippen molar-refractivity contribution in [1.82, 2.24) is 10.2 Å². The van der Waals surface area contributed by atoms with Gasteiger partial charge in [-0.3, -0.25) is 9.59 Å². The predicted molar refractivity (Wildman–Crippen MR) is 113 cm³/mol. The molecule has 0 saturated carbocycles. The first-order chi connectivity index (χ1) is 14.5. The molecule has 1 fully saturated rings. The standard InChI is InChI=1S/C23H28N2O5/c1-28-19-7-5-4-6-16(19)15-22(26)25-12-10-18(11-13-25)24-23(27)17-8-9-20(29-2)21(14-17)30-3/h4-9,14,18H,10-13,15H2,1-3H3,(H,24,27). The van der Waals surface area contributed by atoms with Gasteiger partial charge in [-0.25, -0.2) is 0 Å². The molecule has 0 unspecified atom stereocenters. The summed E-state index contributed by atoms with van der Waals surface area (Å²) in [5, 5.41) is 3.06. The molecule has 7 heteroatoms. The molecule has 0 bridgehead atoms. The van der Waals surface area contributed by atoms with Gasteiger partial charge in [0.05, 0.1) is 27.8 Å². The van der Waals surface area contributed by atoms with Gasteiger partial charge in [0, 0.05) is 30.3 Å². The molecule has 3 rings (SSSR count).